The Morgan fingerprint density at radius 2 is 1.16 bits per heavy atom. The fourth-order valence-corrected chi connectivity index (χ4v) is 21.0. The average Bonchev–Trinajstić information content (AvgIpc) is 2.68. The van der Waals surface area contributed by atoms with Crippen LogP contribution in [-0.2, 0) is 21.1 Å². The number of nitrogens with one attached hydrogen (secondary N) is 3. The van der Waals surface area contributed by atoms with Crippen LogP contribution in [0.4, 0.5) is 10.5 Å². The third-order valence-corrected chi connectivity index (χ3v) is 18.6. The van der Waals surface area contributed by atoms with Gasteiger partial charge in [-0.15, -0.1) is 0 Å². The van der Waals surface area contributed by atoms with Crippen molar-refractivity contribution in [3.8, 4) is 0 Å². The number of hydrogen-bond acceptors (Lipinski definition) is 3. The van der Waals surface area contributed by atoms with E-state index in [-0.39, 0.29) is 21.0 Å². The molecule has 8 heteroatoms. The van der Waals surface area contributed by atoms with E-state index in [2.05, 4.69) is 9.78 Å². The maximum atomic E-state index is 13.9. The third kappa shape index (κ3) is 7.61. The van der Waals surface area contributed by atoms with Crippen molar-refractivity contribution in [3.05, 3.63) is 19.8 Å². The zero-order chi connectivity index (χ0) is 19.9. The second-order valence-electron chi connectivity index (χ2n) is 9.87. The van der Waals surface area contributed by atoms with E-state index < -0.39 is 35.8 Å². The molecule has 0 aromatic carbocycles. The number of allylic oxidation sites excluding steroid dienone is 4. The molecule has 0 fully saturated rings. The van der Waals surface area contributed by atoms with Crippen LogP contribution in [0.5, 0.6) is 0 Å². The maximum absolute atomic E-state index is 13.9. The molecule has 0 bridgehead atoms. The summed E-state index contributed by atoms with van der Waals surface area (Å²) in [5, 5.41) is 0. The van der Waals surface area contributed by atoms with Gasteiger partial charge in [0.1, 0.15) is 0 Å². The van der Waals surface area contributed by atoms with Gasteiger partial charge in [0.2, 0.25) is 0 Å². The zero-order valence-electron chi connectivity index (χ0n) is 17.0. The fourth-order valence-electron chi connectivity index (χ4n) is 3.13. The Bertz CT molecular complexity index is 509. The summed E-state index contributed by atoms with van der Waals surface area (Å²) in [7, 11) is 0. The van der Waals surface area contributed by atoms with E-state index in [0.29, 0.717) is 9.70 Å². The van der Waals surface area contributed by atoms with Crippen LogP contribution in [0.25, 0.3) is 0 Å². The quantitative estimate of drug-likeness (QED) is 0.481. The fraction of sp³-hybridized carbons (Fsp3) is 0.765. The Labute approximate surface area is 160 Å². The monoisotopic (exact) mass is 501 g/mol. The van der Waals surface area contributed by atoms with Gasteiger partial charge in [-0.25, -0.2) is 0 Å². The molecule has 1 aliphatic carbocycles. The van der Waals surface area contributed by atoms with E-state index >= 15 is 0 Å². The predicted molar refractivity (Wildman–Crippen MR) is 98.5 cm³/mol. The summed E-state index contributed by atoms with van der Waals surface area (Å²) >= 11 is -10.5. The Morgan fingerprint density at radius 1 is 0.800 bits per heavy atom. The van der Waals surface area contributed by atoms with Crippen molar-refractivity contribution in [1.29, 1.82) is 0 Å². The first kappa shape index (κ1) is 23.6. The van der Waals surface area contributed by atoms with Crippen LogP contribution in [0.15, 0.2) is 19.8 Å². The molecule has 1 rings (SSSR count). The van der Waals surface area contributed by atoms with Gasteiger partial charge in [-0.3, -0.25) is 0 Å². The van der Waals surface area contributed by atoms with Crippen LogP contribution < -0.4 is 9.78 Å². The average molecular weight is 501 g/mol. The Hall–Kier alpha value is 0.576. The molecule has 1 aliphatic rings. The molecular formula is C17H34F3GeN3Zr. The van der Waals surface area contributed by atoms with Crippen molar-refractivity contribution in [3.63, 3.8) is 0 Å². The van der Waals surface area contributed by atoms with Gasteiger partial charge in [0.05, 0.1) is 0 Å². The second-order valence-corrected chi connectivity index (χ2v) is 20.1. The molecule has 0 aromatic rings. The summed E-state index contributed by atoms with van der Waals surface area (Å²) in [4.78, 5) is 0. The van der Waals surface area contributed by atoms with Crippen molar-refractivity contribution in [2.75, 3.05) is 0 Å². The molecule has 0 amide bonds. The number of hydrogen-bond donors (Lipinski definition) is 3. The van der Waals surface area contributed by atoms with Crippen LogP contribution in [0.2, 0.25) is 0 Å². The van der Waals surface area contributed by atoms with E-state index in [1.54, 1.807) is 6.08 Å². The minimum atomic E-state index is -6.44. The first-order chi connectivity index (χ1) is 10.8. The molecule has 0 heterocycles. The molecule has 0 spiro atoms. The van der Waals surface area contributed by atoms with Crippen molar-refractivity contribution in [1.82, 2.24) is 9.78 Å². The predicted octanol–water partition coefficient (Wildman–Crippen LogP) is 4.65. The summed E-state index contributed by atoms with van der Waals surface area (Å²) < 4.78 is 52.8. The Balaban J connectivity index is 3.63. The molecule has 0 saturated carbocycles. The first-order valence-electron chi connectivity index (χ1n) is 8.70. The molecule has 0 saturated heterocycles. The summed E-state index contributed by atoms with van der Waals surface area (Å²) in [6.45, 7) is 18.2. The van der Waals surface area contributed by atoms with Crippen molar-refractivity contribution < 1.29 is 31.6 Å². The van der Waals surface area contributed by atoms with Crippen molar-refractivity contribution in [2.24, 2.45) is 0 Å². The van der Waals surface area contributed by atoms with Crippen molar-refractivity contribution >= 4 is 14.7 Å². The zero-order valence-corrected chi connectivity index (χ0v) is 21.6. The van der Waals surface area contributed by atoms with E-state index in [1.807, 2.05) is 62.3 Å². The van der Waals surface area contributed by atoms with Crippen LogP contribution in [0, 0.1) is 0 Å². The molecule has 0 aromatic heterocycles. The van der Waals surface area contributed by atoms with Gasteiger partial charge < -0.3 is 0 Å². The normalized spacial score (nSPS) is 17.6. The van der Waals surface area contributed by atoms with E-state index in [9.17, 15) is 10.5 Å². The minimum absolute atomic E-state index is 0.300. The summed E-state index contributed by atoms with van der Waals surface area (Å²) in [5.41, 5.74) is -0.899. The van der Waals surface area contributed by atoms with Gasteiger partial charge in [-0.2, -0.15) is 0 Å². The van der Waals surface area contributed by atoms with Crippen LogP contribution >= 0.6 is 0 Å². The van der Waals surface area contributed by atoms with E-state index in [0.717, 1.165) is 0 Å². The van der Waals surface area contributed by atoms with Crippen LogP contribution in [-0.4, -0.2) is 31.3 Å². The first-order valence-corrected chi connectivity index (χ1v) is 17.0. The van der Waals surface area contributed by atoms with Crippen LogP contribution in [0.1, 0.15) is 68.7 Å². The molecule has 0 radical (unpaired) electrons. The van der Waals surface area contributed by atoms with Gasteiger partial charge in [-0.05, 0) is 0 Å². The molecule has 146 valence electrons. The van der Waals surface area contributed by atoms with E-state index in [4.69, 9.17) is 0 Å². The summed E-state index contributed by atoms with van der Waals surface area (Å²) in [6, 6.07) is 0. The van der Waals surface area contributed by atoms with Gasteiger partial charge in [0.25, 0.3) is 0 Å². The second kappa shape index (κ2) is 7.54. The van der Waals surface area contributed by atoms with Gasteiger partial charge in [0.15, 0.2) is 0 Å². The molecule has 3 nitrogen and oxygen atoms in total. The summed E-state index contributed by atoms with van der Waals surface area (Å²) in [6.07, 6.45) is 3.37. The standard InChI is InChI=1S/C5H4F3Ge.3C4H10N.Zr/c6-9(7,8)5-3-1-2-4-5;3*1-4(2,3)5;/h1,3H,2H2;3*5H,1-3H3;/q;3*-1;+3. The number of halogens is 3. The van der Waals surface area contributed by atoms with Gasteiger partial charge >= 0.3 is 161 Å². The summed E-state index contributed by atoms with van der Waals surface area (Å²) in [5.74, 6) is 0. The van der Waals surface area contributed by atoms with Crippen molar-refractivity contribution in [2.45, 2.75) is 85.4 Å². The topological polar surface area (TPSA) is 36.1 Å². The Kier molecular flexibility index (Phi) is 7.12. The molecular weight excluding hydrogens is 467 g/mol. The van der Waals surface area contributed by atoms with Gasteiger partial charge in [0, 0.05) is 0 Å². The third-order valence-electron chi connectivity index (χ3n) is 3.38. The SMILES string of the molecule is CC(C)(C)[NH][Zr]([NH]C(C)(C)C)([NH]C(C)(C)C)[C]1=[C]([Ge]([F])([F])[F])C=CC1. The van der Waals surface area contributed by atoms with Crippen LogP contribution in [0.3, 0.4) is 0 Å². The molecule has 0 unspecified atom stereocenters. The van der Waals surface area contributed by atoms with Gasteiger partial charge in [-0.1, -0.05) is 0 Å². The molecule has 0 atom stereocenters. The molecule has 25 heavy (non-hydrogen) atoms. The van der Waals surface area contributed by atoms with E-state index in [1.165, 1.54) is 6.08 Å². The number of rotatable bonds is 5. The molecule has 0 aliphatic heterocycles. The Morgan fingerprint density at radius 3 is 1.44 bits per heavy atom. The molecule has 3 N–H and O–H groups in total.